The van der Waals surface area contributed by atoms with Gasteiger partial charge in [0, 0.05) is 12.5 Å². The summed E-state index contributed by atoms with van der Waals surface area (Å²) < 4.78 is 10.4. The predicted molar refractivity (Wildman–Crippen MR) is 71.3 cm³/mol. The molecule has 0 fully saturated rings. The quantitative estimate of drug-likeness (QED) is 0.584. The summed E-state index contributed by atoms with van der Waals surface area (Å²) in [6.45, 7) is 6.61. The van der Waals surface area contributed by atoms with Crippen molar-refractivity contribution in [2.24, 2.45) is 0 Å². The van der Waals surface area contributed by atoms with Gasteiger partial charge in [0.05, 0.1) is 0 Å². The maximum absolute atomic E-state index is 12.2. The van der Waals surface area contributed by atoms with Crippen LogP contribution >= 0.6 is 0 Å². The van der Waals surface area contributed by atoms with Crippen molar-refractivity contribution in [1.82, 2.24) is 0 Å². The number of ether oxygens (including phenoxy) is 2. The standard InChI is InChI=1S/C15H18O4/c1-4-11-18-14(17)15(5-2,19-12(3)16)13-9-7-6-8-10-13/h4,6-10H,1,5,11H2,2-3H3. The highest BCUT2D eigenvalue weighted by atomic mass is 16.6. The van der Waals surface area contributed by atoms with Crippen LogP contribution in [0.5, 0.6) is 0 Å². The van der Waals surface area contributed by atoms with E-state index in [0.29, 0.717) is 12.0 Å². The average Bonchev–Trinajstić information content (AvgIpc) is 2.42. The fraction of sp³-hybridized carbons (Fsp3) is 0.333. The van der Waals surface area contributed by atoms with E-state index in [4.69, 9.17) is 9.47 Å². The minimum Gasteiger partial charge on any atom is -0.458 e. The normalized spacial score (nSPS) is 13.2. The van der Waals surface area contributed by atoms with E-state index in [0.717, 1.165) is 0 Å². The molecule has 0 saturated heterocycles. The molecule has 19 heavy (non-hydrogen) atoms. The third-order valence-corrected chi connectivity index (χ3v) is 2.72. The van der Waals surface area contributed by atoms with Gasteiger partial charge in [0.1, 0.15) is 6.61 Å². The van der Waals surface area contributed by atoms with Gasteiger partial charge in [-0.05, 0) is 6.42 Å². The molecular weight excluding hydrogens is 244 g/mol. The lowest BCUT2D eigenvalue weighted by Crippen LogP contribution is -2.41. The number of hydrogen-bond acceptors (Lipinski definition) is 4. The summed E-state index contributed by atoms with van der Waals surface area (Å²) in [5.41, 5.74) is -0.794. The number of hydrogen-bond donors (Lipinski definition) is 0. The van der Waals surface area contributed by atoms with Crippen molar-refractivity contribution in [3.05, 3.63) is 48.6 Å². The van der Waals surface area contributed by atoms with Crippen LogP contribution in [-0.2, 0) is 24.7 Å². The zero-order valence-corrected chi connectivity index (χ0v) is 11.2. The van der Waals surface area contributed by atoms with Gasteiger partial charge >= 0.3 is 11.9 Å². The molecule has 1 aromatic carbocycles. The molecule has 102 valence electrons. The molecule has 4 heteroatoms. The SMILES string of the molecule is C=CCOC(=O)C(CC)(OC(C)=O)c1ccccc1. The van der Waals surface area contributed by atoms with Crippen molar-refractivity contribution in [2.75, 3.05) is 6.61 Å². The number of rotatable bonds is 6. The average molecular weight is 262 g/mol. The Bertz CT molecular complexity index is 452. The second-order valence-corrected chi connectivity index (χ2v) is 4.03. The zero-order valence-electron chi connectivity index (χ0n) is 11.2. The first-order chi connectivity index (χ1) is 9.06. The van der Waals surface area contributed by atoms with Crippen LogP contribution in [0.3, 0.4) is 0 Å². The molecule has 0 N–H and O–H groups in total. The molecule has 0 bridgehead atoms. The van der Waals surface area contributed by atoms with Crippen molar-refractivity contribution >= 4 is 11.9 Å². The molecule has 0 aliphatic carbocycles. The Labute approximate surface area is 113 Å². The van der Waals surface area contributed by atoms with Crippen molar-refractivity contribution in [3.8, 4) is 0 Å². The maximum Gasteiger partial charge on any atom is 0.355 e. The summed E-state index contributed by atoms with van der Waals surface area (Å²) in [7, 11) is 0. The van der Waals surface area contributed by atoms with Gasteiger partial charge in [-0.15, -0.1) is 0 Å². The van der Waals surface area contributed by atoms with Crippen molar-refractivity contribution in [1.29, 1.82) is 0 Å². The Balaban J connectivity index is 3.18. The fourth-order valence-electron chi connectivity index (χ4n) is 1.84. The van der Waals surface area contributed by atoms with Gasteiger partial charge in [-0.1, -0.05) is 49.9 Å². The summed E-state index contributed by atoms with van der Waals surface area (Å²) in [6, 6.07) is 8.87. The number of benzene rings is 1. The number of carbonyl (C=O) groups excluding carboxylic acids is 2. The Kier molecular flexibility index (Phi) is 5.30. The fourth-order valence-corrected chi connectivity index (χ4v) is 1.84. The number of carbonyl (C=O) groups is 2. The summed E-state index contributed by atoms with van der Waals surface area (Å²) in [5, 5.41) is 0. The summed E-state index contributed by atoms with van der Waals surface area (Å²) in [6.07, 6.45) is 1.77. The second-order valence-electron chi connectivity index (χ2n) is 4.03. The van der Waals surface area contributed by atoms with Gasteiger partial charge < -0.3 is 9.47 Å². The molecule has 0 aromatic heterocycles. The van der Waals surface area contributed by atoms with Crippen LogP contribution in [0.2, 0.25) is 0 Å². The van der Waals surface area contributed by atoms with Crippen molar-refractivity contribution in [2.45, 2.75) is 25.9 Å². The lowest BCUT2D eigenvalue weighted by molar-refractivity contribution is -0.183. The first kappa shape index (κ1) is 15.0. The van der Waals surface area contributed by atoms with Gasteiger partial charge in [0.15, 0.2) is 0 Å². The molecule has 1 rings (SSSR count). The highest BCUT2D eigenvalue weighted by molar-refractivity contribution is 5.84. The summed E-state index contributed by atoms with van der Waals surface area (Å²) in [4.78, 5) is 23.6. The highest BCUT2D eigenvalue weighted by Crippen LogP contribution is 2.31. The smallest absolute Gasteiger partial charge is 0.355 e. The van der Waals surface area contributed by atoms with Crippen molar-refractivity contribution < 1.29 is 19.1 Å². The number of esters is 2. The molecule has 4 nitrogen and oxygen atoms in total. The molecule has 0 saturated carbocycles. The van der Waals surface area contributed by atoms with Gasteiger partial charge in [0.25, 0.3) is 0 Å². The molecule has 1 atom stereocenters. The van der Waals surface area contributed by atoms with Gasteiger partial charge in [-0.25, -0.2) is 4.79 Å². The van der Waals surface area contributed by atoms with Crippen LogP contribution in [0.15, 0.2) is 43.0 Å². The minimum absolute atomic E-state index is 0.0781. The Hall–Kier alpha value is -2.10. The van der Waals surface area contributed by atoms with E-state index >= 15 is 0 Å². The summed E-state index contributed by atoms with van der Waals surface area (Å²) >= 11 is 0. The van der Waals surface area contributed by atoms with Gasteiger partial charge in [-0.2, -0.15) is 0 Å². The van der Waals surface area contributed by atoms with E-state index in [-0.39, 0.29) is 6.61 Å². The lowest BCUT2D eigenvalue weighted by atomic mass is 9.91. The lowest BCUT2D eigenvalue weighted by Gasteiger charge is -2.30. The topological polar surface area (TPSA) is 52.6 Å². The molecule has 0 heterocycles. The van der Waals surface area contributed by atoms with Crippen LogP contribution in [0.25, 0.3) is 0 Å². The predicted octanol–water partition coefficient (Wildman–Crippen LogP) is 2.58. The molecule has 0 amide bonds. The Morgan fingerprint density at radius 3 is 2.42 bits per heavy atom. The first-order valence-electron chi connectivity index (χ1n) is 6.10. The molecule has 1 unspecified atom stereocenters. The minimum atomic E-state index is -1.39. The van der Waals surface area contributed by atoms with E-state index in [1.54, 1.807) is 31.2 Å². The highest BCUT2D eigenvalue weighted by Gasteiger charge is 2.43. The molecule has 0 spiro atoms. The van der Waals surface area contributed by atoms with Crippen LogP contribution in [0.1, 0.15) is 25.8 Å². The molecule has 0 aliphatic heterocycles. The monoisotopic (exact) mass is 262 g/mol. The van der Waals surface area contributed by atoms with E-state index in [1.165, 1.54) is 13.0 Å². The van der Waals surface area contributed by atoms with Crippen LogP contribution < -0.4 is 0 Å². The largest absolute Gasteiger partial charge is 0.458 e. The van der Waals surface area contributed by atoms with E-state index in [2.05, 4.69) is 6.58 Å². The van der Waals surface area contributed by atoms with Crippen LogP contribution in [0, 0.1) is 0 Å². The third-order valence-electron chi connectivity index (χ3n) is 2.72. The zero-order chi connectivity index (χ0) is 14.3. The van der Waals surface area contributed by atoms with Crippen LogP contribution in [0.4, 0.5) is 0 Å². The van der Waals surface area contributed by atoms with E-state index in [9.17, 15) is 9.59 Å². The summed E-state index contributed by atoms with van der Waals surface area (Å²) in [5.74, 6) is -1.11. The molecule has 1 aromatic rings. The molecule has 0 radical (unpaired) electrons. The van der Waals surface area contributed by atoms with Gasteiger partial charge in [0.2, 0.25) is 5.60 Å². The van der Waals surface area contributed by atoms with E-state index in [1.807, 2.05) is 6.07 Å². The first-order valence-corrected chi connectivity index (χ1v) is 6.10. The molecule has 0 aliphatic rings. The second kappa shape index (κ2) is 6.73. The van der Waals surface area contributed by atoms with E-state index < -0.39 is 17.5 Å². The maximum atomic E-state index is 12.2. The third kappa shape index (κ3) is 3.44. The van der Waals surface area contributed by atoms with Crippen LogP contribution in [-0.4, -0.2) is 18.5 Å². The Morgan fingerprint density at radius 2 is 1.95 bits per heavy atom. The van der Waals surface area contributed by atoms with Gasteiger partial charge in [-0.3, -0.25) is 4.79 Å². The Morgan fingerprint density at radius 1 is 1.32 bits per heavy atom. The van der Waals surface area contributed by atoms with Crippen molar-refractivity contribution in [3.63, 3.8) is 0 Å². The molecular formula is C15H18O4.